The van der Waals surface area contributed by atoms with Crippen LogP contribution in [0.4, 0.5) is 23.2 Å². The molecule has 1 amide bonds. The lowest BCUT2D eigenvalue weighted by Crippen LogP contribution is -2.15. The van der Waals surface area contributed by atoms with Gasteiger partial charge in [-0.2, -0.15) is 8.78 Å². The molecule has 1 N–H and O–H groups in total. The van der Waals surface area contributed by atoms with Gasteiger partial charge in [-0.15, -0.1) is 5.10 Å². The average molecular weight is 380 g/mol. The minimum atomic E-state index is -2.94. The lowest BCUT2D eigenvalue weighted by molar-refractivity contribution is -0.0498. The first-order valence-electron chi connectivity index (χ1n) is 7.59. The van der Waals surface area contributed by atoms with Crippen LogP contribution in [0, 0.1) is 18.6 Å². The summed E-state index contributed by atoms with van der Waals surface area (Å²) in [6.07, 6.45) is 0. The van der Waals surface area contributed by atoms with E-state index in [4.69, 9.17) is 0 Å². The van der Waals surface area contributed by atoms with E-state index in [1.54, 1.807) is 6.92 Å². The number of hydrogen-bond acceptors (Lipinski definition) is 4. The molecule has 6 nitrogen and oxygen atoms in total. The molecule has 3 rings (SSSR count). The molecule has 0 aliphatic carbocycles. The summed E-state index contributed by atoms with van der Waals surface area (Å²) >= 11 is 0. The Hall–Kier alpha value is -3.43. The van der Waals surface area contributed by atoms with Crippen LogP contribution in [0.15, 0.2) is 42.5 Å². The molecular weight excluding hydrogens is 368 g/mol. The molecule has 10 heteroatoms. The van der Waals surface area contributed by atoms with Crippen molar-refractivity contribution in [2.75, 3.05) is 5.32 Å². The number of carbonyl (C=O) groups excluding carboxylic acids is 1. The van der Waals surface area contributed by atoms with Gasteiger partial charge in [0, 0.05) is 6.07 Å². The minimum Gasteiger partial charge on any atom is -0.435 e. The van der Waals surface area contributed by atoms with Gasteiger partial charge < -0.3 is 10.1 Å². The highest BCUT2D eigenvalue weighted by Gasteiger charge is 2.17. The number of aromatic nitrogens is 3. The van der Waals surface area contributed by atoms with Gasteiger partial charge in [0.25, 0.3) is 5.91 Å². The van der Waals surface area contributed by atoms with Gasteiger partial charge in [-0.1, -0.05) is 0 Å². The first kappa shape index (κ1) is 18.4. The molecule has 0 unspecified atom stereocenters. The SMILES string of the molecule is Cc1nc(C(=O)Nc2cc(F)ccc2F)nn1-c1ccc(OC(F)F)cc1. The van der Waals surface area contributed by atoms with Gasteiger partial charge >= 0.3 is 6.61 Å². The summed E-state index contributed by atoms with van der Waals surface area (Å²) in [5.41, 5.74) is 0.0973. The minimum absolute atomic E-state index is 0.0361. The molecule has 3 aromatic rings. The van der Waals surface area contributed by atoms with Gasteiger partial charge in [0.2, 0.25) is 5.82 Å². The molecule has 0 aliphatic rings. The Morgan fingerprint density at radius 1 is 1.15 bits per heavy atom. The third-order valence-corrected chi connectivity index (χ3v) is 3.46. The molecule has 0 saturated carbocycles. The summed E-state index contributed by atoms with van der Waals surface area (Å²) in [7, 11) is 0. The van der Waals surface area contributed by atoms with Crippen LogP contribution < -0.4 is 10.1 Å². The van der Waals surface area contributed by atoms with Crippen LogP contribution in [0.2, 0.25) is 0 Å². The quantitative estimate of drug-likeness (QED) is 0.686. The van der Waals surface area contributed by atoms with E-state index in [9.17, 15) is 22.4 Å². The fourth-order valence-electron chi connectivity index (χ4n) is 2.27. The summed E-state index contributed by atoms with van der Waals surface area (Å²) in [6, 6.07) is 8.16. The number of hydrogen-bond donors (Lipinski definition) is 1. The van der Waals surface area contributed by atoms with E-state index in [1.165, 1.54) is 28.9 Å². The number of nitrogens with zero attached hydrogens (tertiary/aromatic N) is 3. The van der Waals surface area contributed by atoms with Gasteiger partial charge in [-0.05, 0) is 43.3 Å². The van der Waals surface area contributed by atoms with E-state index in [0.29, 0.717) is 11.5 Å². The van der Waals surface area contributed by atoms with Crippen molar-refractivity contribution in [3.63, 3.8) is 0 Å². The van der Waals surface area contributed by atoms with Crippen molar-refractivity contribution in [2.24, 2.45) is 0 Å². The summed E-state index contributed by atoms with van der Waals surface area (Å²) in [5, 5.41) is 6.20. The maximum Gasteiger partial charge on any atom is 0.387 e. The van der Waals surface area contributed by atoms with Crippen molar-refractivity contribution in [2.45, 2.75) is 13.5 Å². The highest BCUT2D eigenvalue weighted by Crippen LogP contribution is 2.19. The Bertz CT molecular complexity index is 974. The third kappa shape index (κ3) is 4.22. The molecule has 0 fully saturated rings. The van der Waals surface area contributed by atoms with E-state index >= 15 is 0 Å². The fraction of sp³-hybridized carbons (Fsp3) is 0.118. The van der Waals surface area contributed by atoms with E-state index in [1.807, 2.05) is 0 Å². The maximum atomic E-state index is 13.6. The van der Waals surface area contributed by atoms with Crippen LogP contribution in [-0.4, -0.2) is 27.3 Å². The fourth-order valence-corrected chi connectivity index (χ4v) is 2.27. The molecule has 27 heavy (non-hydrogen) atoms. The van der Waals surface area contributed by atoms with Gasteiger partial charge in [-0.3, -0.25) is 4.79 Å². The number of benzene rings is 2. The third-order valence-electron chi connectivity index (χ3n) is 3.46. The smallest absolute Gasteiger partial charge is 0.387 e. The lowest BCUT2D eigenvalue weighted by Gasteiger charge is -2.06. The lowest BCUT2D eigenvalue weighted by atomic mass is 10.3. The largest absolute Gasteiger partial charge is 0.435 e. The summed E-state index contributed by atoms with van der Waals surface area (Å²) < 4.78 is 56.7. The second-order valence-electron chi connectivity index (χ2n) is 5.35. The predicted molar refractivity (Wildman–Crippen MR) is 87.0 cm³/mol. The van der Waals surface area contributed by atoms with Gasteiger partial charge in [-0.25, -0.2) is 18.4 Å². The Labute approximate surface area is 150 Å². The van der Waals surface area contributed by atoms with Crippen LogP contribution >= 0.6 is 0 Å². The topological polar surface area (TPSA) is 69.0 Å². The number of carbonyl (C=O) groups is 1. The van der Waals surface area contributed by atoms with Crippen molar-refractivity contribution in [3.8, 4) is 11.4 Å². The molecule has 2 aromatic carbocycles. The first-order chi connectivity index (χ1) is 12.8. The molecule has 1 aromatic heterocycles. The van der Waals surface area contributed by atoms with Crippen LogP contribution in [-0.2, 0) is 0 Å². The Balaban J connectivity index is 1.81. The van der Waals surface area contributed by atoms with E-state index in [0.717, 1.165) is 18.2 Å². The molecule has 0 aliphatic heterocycles. The van der Waals surface area contributed by atoms with E-state index in [2.05, 4.69) is 20.1 Å². The molecule has 0 radical (unpaired) electrons. The second-order valence-corrected chi connectivity index (χ2v) is 5.35. The number of anilines is 1. The number of aryl methyl sites for hydroxylation is 1. The maximum absolute atomic E-state index is 13.6. The number of ether oxygens (including phenoxy) is 1. The van der Waals surface area contributed by atoms with Crippen LogP contribution in [0.3, 0.4) is 0 Å². The van der Waals surface area contributed by atoms with Gasteiger partial charge in [0.05, 0.1) is 11.4 Å². The number of nitrogens with one attached hydrogen (secondary N) is 1. The second kappa shape index (κ2) is 7.44. The zero-order chi connectivity index (χ0) is 19.6. The standard InChI is InChI=1S/C17H12F4N4O2/c1-9-22-15(16(26)23-14-8-10(18)2-7-13(14)19)24-25(9)11-3-5-12(6-4-11)27-17(20)21/h2-8,17H,1H3,(H,23,26). The Morgan fingerprint density at radius 2 is 1.85 bits per heavy atom. The van der Waals surface area contributed by atoms with Crippen molar-refractivity contribution in [3.05, 3.63) is 65.7 Å². The summed E-state index contributed by atoms with van der Waals surface area (Å²) in [6.45, 7) is -1.38. The zero-order valence-corrected chi connectivity index (χ0v) is 13.8. The molecule has 0 spiro atoms. The van der Waals surface area contributed by atoms with Crippen LogP contribution in [0.25, 0.3) is 5.69 Å². The highest BCUT2D eigenvalue weighted by molar-refractivity contribution is 6.01. The van der Waals surface area contributed by atoms with Crippen molar-refractivity contribution >= 4 is 11.6 Å². The van der Waals surface area contributed by atoms with E-state index in [-0.39, 0.29) is 17.3 Å². The van der Waals surface area contributed by atoms with E-state index < -0.39 is 24.2 Å². The zero-order valence-electron chi connectivity index (χ0n) is 13.8. The molecular formula is C17H12F4N4O2. The van der Waals surface area contributed by atoms with Gasteiger partial charge in [0.15, 0.2) is 0 Å². The molecule has 140 valence electrons. The van der Waals surface area contributed by atoms with Crippen molar-refractivity contribution < 1.29 is 27.1 Å². The number of amides is 1. The van der Waals surface area contributed by atoms with Gasteiger partial charge in [0.1, 0.15) is 23.2 Å². The summed E-state index contributed by atoms with van der Waals surface area (Å²) in [5.74, 6) is -2.35. The number of rotatable bonds is 5. The van der Waals surface area contributed by atoms with Crippen molar-refractivity contribution in [1.29, 1.82) is 0 Å². The molecule has 0 atom stereocenters. The number of alkyl halides is 2. The van der Waals surface area contributed by atoms with Crippen LogP contribution in [0.5, 0.6) is 5.75 Å². The molecule has 0 saturated heterocycles. The molecule has 0 bridgehead atoms. The monoisotopic (exact) mass is 380 g/mol. The summed E-state index contributed by atoms with van der Waals surface area (Å²) in [4.78, 5) is 16.2. The average Bonchev–Trinajstić information content (AvgIpc) is 3.00. The Morgan fingerprint density at radius 3 is 2.52 bits per heavy atom. The normalized spacial score (nSPS) is 10.9. The molecule has 1 heterocycles. The highest BCUT2D eigenvalue weighted by atomic mass is 19.3. The van der Waals surface area contributed by atoms with Crippen LogP contribution in [0.1, 0.15) is 16.4 Å². The Kier molecular flexibility index (Phi) is 5.06. The predicted octanol–water partition coefficient (Wildman–Crippen LogP) is 3.71. The number of halogens is 4. The first-order valence-corrected chi connectivity index (χ1v) is 7.59. The van der Waals surface area contributed by atoms with Crippen molar-refractivity contribution in [1.82, 2.24) is 14.8 Å².